The van der Waals surface area contributed by atoms with Gasteiger partial charge in [-0.3, -0.25) is 4.72 Å². The third-order valence-electron chi connectivity index (χ3n) is 2.26. The van der Waals surface area contributed by atoms with E-state index in [1.807, 2.05) is 6.07 Å². The fourth-order valence-corrected chi connectivity index (χ4v) is 2.08. The molecule has 0 aliphatic heterocycles. The molecule has 1 aromatic carbocycles. The number of benzene rings is 1. The van der Waals surface area contributed by atoms with Crippen molar-refractivity contribution >= 4 is 21.6 Å². The number of rotatable bonds is 6. The lowest BCUT2D eigenvalue weighted by Gasteiger charge is -2.15. The Morgan fingerprint density at radius 1 is 1.35 bits per heavy atom. The maximum absolute atomic E-state index is 10.9. The minimum absolute atomic E-state index is 0.352. The second kappa shape index (κ2) is 5.88. The van der Waals surface area contributed by atoms with E-state index in [1.54, 1.807) is 18.2 Å². The molecule has 0 amide bonds. The molecular weight excluding hydrogens is 238 g/mol. The molecule has 0 spiro atoms. The quantitative estimate of drug-likeness (QED) is 0.727. The Morgan fingerprint density at radius 3 is 2.59 bits per heavy atom. The first-order valence-corrected chi connectivity index (χ1v) is 7.12. The molecule has 0 saturated heterocycles. The van der Waals surface area contributed by atoms with Crippen molar-refractivity contribution < 1.29 is 8.42 Å². The summed E-state index contributed by atoms with van der Waals surface area (Å²) >= 11 is 0. The van der Waals surface area contributed by atoms with Crippen LogP contribution >= 0.6 is 0 Å². The zero-order chi connectivity index (χ0) is 12.9. The number of anilines is 2. The molecule has 0 heterocycles. The van der Waals surface area contributed by atoms with E-state index in [2.05, 4.69) is 23.9 Å². The Morgan fingerprint density at radius 2 is 2.00 bits per heavy atom. The van der Waals surface area contributed by atoms with Crippen LogP contribution in [0.3, 0.4) is 0 Å². The van der Waals surface area contributed by atoms with E-state index in [9.17, 15) is 8.42 Å². The van der Waals surface area contributed by atoms with Gasteiger partial charge in [0, 0.05) is 11.7 Å². The van der Waals surface area contributed by atoms with Crippen LogP contribution in [0.2, 0.25) is 0 Å². The maximum Gasteiger partial charge on any atom is 0.296 e. The second-order valence-electron chi connectivity index (χ2n) is 4.06. The van der Waals surface area contributed by atoms with Crippen molar-refractivity contribution in [1.82, 2.24) is 0 Å². The predicted octanol–water partition coefficient (Wildman–Crippen LogP) is 1.90. The van der Waals surface area contributed by atoms with E-state index in [4.69, 9.17) is 5.14 Å². The zero-order valence-corrected chi connectivity index (χ0v) is 10.9. The number of nitrogens with one attached hydrogen (secondary N) is 2. The van der Waals surface area contributed by atoms with E-state index in [1.165, 1.54) is 0 Å². The third kappa shape index (κ3) is 5.55. The number of nitrogens with two attached hydrogens (primary N) is 1. The lowest BCUT2D eigenvalue weighted by molar-refractivity contribution is 0.603. The summed E-state index contributed by atoms with van der Waals surface area (Å²) in [6.07, 6.45) is 2.16. The molecule has 0 fully saturated rings. The fourth-order valence-electron chi connectivity index (χ4n) is 1.63. The molecule has 17 heavy (non-hydrogen) atoms. The van der Waals surface area contributed by atoms with Crippen LogP contribution in [0.5, 0.6) is 0 Å². The first-order chi connectivity index (χ1) is 7.90. The Kier molecular flexibility index (Phi) is 4.77. The van der Waals surface area contributed by atoms with E-state index < -0.39 is 10.2 Å². The van der Waals surface area contributed by atoms with Crippen molar-refractivity contribution in [3.05, 3.63) is 24.3 Å². The van der Waals surface area contributed by atoms with Gasteiger partial charge in [-0.1, -0.05) is 19.4 Å². The Labute approximate surface area is 103 Å². The summed E-state index contributed by atoms with van der Waals surface area (Å²) in [5.41, 5.74) is 1.33. The first kappa shape index (κ1) is 13.8. The molecule has 0 aliphatic rings. The summed E-state index contributed by atoms with van der Waals surface area (Å²) < 4.78 is 24.0. The van der Waals surface area contributed by atoms with Crippen LogP contribution in [-0.4, -0.2) is 14.5 Å². The number of hydrogen-bond acceptors (Lipinski definition) is 3. The molecule has 1 unspecified atom stereocenters. The third-order valence-corrected chi connectivity index (χ3v) is 2.78. The van der Waals surface area contributed by atoms with E-state index in [0.717, 1.165) is 18.5 Å². The van der Waals surface area contributed by atoms with Gasteiger partial charge in [0.15, 0.2) is 0 Å². The molecule has 4 N–H and O–H groups in total. The van der Waals surface area contributed by atoms with Crippen molar-refractivity contribution in [3.8, 4) is 0 Å². The molecule has 1 aromatic rings. The van der Waals surface area contributed by atoms with Crippen LogP contribution in [0.4, 0.5) is 11.4 Å². The van der Waals surface area contributed by atoms with Crippen molar-refractivity contribution in [3.63, 3.8) is 0 Å². The van der Waals surface area contributed by atoms with E-state index in [0.29, 0.717) is 11.7 Å². The van der Waals surface area contributed by atoms with Gasteiger partial charge in [0.1, 0.15) is 0 Å². The maximum atomic E-state index is 10.9. The second-order valence-corrected chi connectivity index (χ2v) is 5.36. The molecule has 1 atom stereocenters. The normalized spacial score (nSPS) is 13.1. The van der Waals surface area contributed by atoms with Gasteiger partial charge < -0.3 is 5.32 Å². The topological polar surface area (TPSA) is 84.2 Å². The van der Waals surface area contributed by atoms with Crippen LogP contribution in [0.1, 0.15) is 26.7 Å². The molecule has 0 radical (unpaired) electrons. The van der Waals surface area contributed by atoms with E-state index in [-0.39, 0.29) is 0 Å². The first-order valence-electron chi connectivity index (χ1n) is 5.58. The summed E-state index contributed by atoms with van der Waals surface area (Å²) in [6.45, 7) is 4.21. The highest BCUT2D eigenvalue weighted by Gasteiger charge is 2.04. The molecule has 0 aromatic heterocycles. The van der Waals surface area contributed by atoms with E-state index >= 15 is 0 Å². The van der Waals surface area contributed by atoms with Crippen LogP contribution in [0.25, 0.3) is 0 Å². The van der Waals surface area contributed by atoms with Crippen molar-refractivity contribution in [2.24, 2.45) is 5.14 Å². The highest BCUT2D eigenvalue weighted by molar-refractivity contribution is 7.90. The minimum atomic E-state index is -3.71. The molecule has 0 saturated carbocycles. The summed E-state index contributed by atoms with van der Waals surface area (Å²) in [7, 11) is -3.71. The van der Waals surface area contributed by atoms with Crippen LogP contribution in [-0.2, 0) is 10.2 Å². The Bertz CT molecular complexity index is 460. The number of hydrogen-bond donors (Lipinski definition) is 3. The molecule has 96 valence electrons. The standard InChI is InChI=1S/C11H19N3O2S/c1-3-5-9(2)13-10-6-4-7-11(8-10)14-17(12,15)16/h4,6-9,13-14H,3,5H2,1-2H3,(H2,12,15,16). The molecule has 0 aliphatic carbocycles. The lowest BCUT2D eigenvalue weighted by atomic mass is 10.2. The summed E-state index contributed by atoms with van der Waals surface area (Å²) in [5, 5.41) is 8.20. The van der Waals surface area contributed by atoms with Gasteiger partial charge in [-0.15, -0.1) is 0 Å². The summed E-state index contributed by atoms with van der Waals surface area (Å²) in [4.78, 5) is 0. The average molecular weight is 257 g/mol. The van der Waals surface area contributed by atoms with Gasteiger partial charge in [0.25, 0.3) is 10.2 Å². The van der Waals surface area contributed by atoms with Crippen LogP contribution in [0, 0.1) is 0 Å². The van der Waals surface area contributed by atoms with Crippen molar-refractivity contribution in [2.75, 3.05) is 10.0 Å². The lowest BCUT2D eigenvalue weighted by Crippen LogP contribution is -2.21. The highest BCUT2D eigenvalue weighted by Crippen LogP contribution is 2.17. The molecule has 6 heteroatoms. The molecule has 1 rings (SSSR count). The van der Waals surface area contributed by atoms with Crippen LogP contribution in [0.15, 0.2) is 24.3 Å². The SMILES string of the molecule is CCCC(C)Nc1cccc(NS(N)(=O)=O)c1. The molecular formula is C11H19N3O2S. The van der Waals surface area contributed by atoms with Gasteiger partial charge in [-0.2, -0.15) is 8.42 Å². The van der Waals surface area contributed by atoms with Crippen LogP contribution < -0.4 is 15.2 Å². The van der Waals surface area contributed by atoms with Gasteiger partial charge in [-0.25, -0.2) is 5.14 Å². The van der Waals surface area contributed by atoms with Gasteiger partial charge in [0.2, 0.25) is 0 Å². The molecule has 0 bridgehead atoms. The smallest absolute Gasteiger partial charge is 0.296 e. The zero-order valence-electron chi connectivity index (χ0n) is 10.1. The highest BCUT2D eigenvalue weighted by atomic mass is 32.2. The largest absolute Gasteiger partial charge is 0.383 e. The Hall–Kier alpha value is -1.27. The van der Waals surface area contributed by atoms with Gasteiger partial charge in [-0.05, 0) is 31.5 Å². The summed E-state index contributed by atoms with van der Waals surface area (Å²) in [5.74, 6) is 0. The summed E-state index contributed by atoms with van der Waals surface area (Å²) in [6, 6.07) is 7.38. The predicted molar refractivity (Wildman–Crippen MR) is 71.2 cm³/mol. The van der Waals surface area contributed by atoms with Crippen molar-refractivity contribution in [2.45, 2.75) is 32.7 Å². The monoisotopic (exact) mass is 257 g/mol. The fraction of sp³-hybridized carbons (Fsp3) is 0.455. The molecule has 5 nitrogen and oxygen atoms in total. The van der Waals surface area contributed by atoms with Gasteiger partial charge in [0.05, 0.1) is 5.69 Å². The van der Waals surface area contributed by atoms with Gasteiger partial charge >= 0.3 is 0 Å². The minimum Gasteiger partial charge on any atom is -0.383 e. The average Bonchev–Trinajstić information content (AvgIpc) is 2.15. The van der Waals surface area contributed by atoms with Crippen molar-refractivity contribution in [1.29, 1.82) is 0 Å². The Balaban J connectivity index is 2.72.